The molecule has 0 aromatic carbocycles. The summed E-state index contributed by atoms with van der Waals surface area (Å²) in [6, 6.07) is 0. The number of aliphatic hydroxyl groups is 1. The van der Waals surface area contributed by atoms with Crippen LogP contribution in [0.2, 0.25) is 37.8 Å². The van der Waals surface area contributed by atoms with Gasteiger partial charge in [0.1, 0.15) is 0 Å². The van der Waals surface area contributed by atoms with E-state index in [9.17, 15) is 5.11 Å². The van der Waals surface area contributed by atoms with Crippen LogP contribution in [0.4, 0.5) is 0 Å². The van der Waals surface area contributed by atoms with Gasteiger partial charge in [0.15, 0.2) is 8.32 Å². The highest BCUT2D eigenvalue weighted by atomic mass is 28.4. The van der Waals surface area contributed by atoms with Crippen molar-refractivity contribution >= 4 is 16.4 Å². The van der Waals surface area contributed by atoms with Crippen LogP contribution >= 0.6 is 0 Å². The zero-order valence-electron chi connectivity index (χ0n) is 13.6. The predicted molar refractivity (Wildman–Crippen MR) is 86.3 cm³/mol. The molecule has 0 aromatic heterocycles. The van der Waals surface area contributed by atoms with E-state index in [2.05, 4.69) is 60.1 Å². The van der Waals surface area contributed by atoms with Crippen molar-refractivity contribution < 1.29 is 9.53 Å². The Balaban J connectivity index is 4.29. The first-order chi connectivity index (χ1) is 7.77. The Hall–Kier alpha value is 0.0938. The second kappa shape index (κ2) is 6.03. The first kappa shape index (κ1) is 18.1. The summed E-state index contributed by atoms with van der Waals surface area (Å²) in [5.74, 6) is 0. The van der Waals surface area contributed by atoms with Gasteiger partial charge < -0.3 is 9.53 Å². The Kier molecular flexibility index (Phi) is 6.06. The Labute approximate surface area is 116 Å². The highest BCUT2D eigenvalue weighted by Crippen LogP contribution is 2.36. The molecule has 0 rings (SSSR count). The first-order valence-corrected chi connectivity index (χ1v) is 13.2. The van der Waals surface area contributed by atoms with E-state index in [0.29, 0.717) is 13.0 Å². The summed E-state index contributed by atoms with van der Waals surface area (Å²) in [5, 5.41) is 11.5. The lowest BCUT2D eigenvalue weighted by molar-refractivity contribution is 0.101. The summed E-state index contributed by atoms with van der Waals surface area (Å²) < 4.78 is 6.03. The minimum absolute atomic E-state index is 0.197. The Morgan fingerprint density at radius 1 is 1.17 bits per heavy atom. The van der Waals surface area contributed by atoms with E-state index in [4.69, 9.17) is 4.43 Å². The van der Waals surface area contributed by atoms with Crippen LogP contribution in [0.3, 0.4) is 0 Å². The average molecular weight is 289 g/mol. The predicted octanol–water partition coefficient (Wildman–Crippen LogP) is 4.19. The van der Waals surface area contributed by atoms with Crippen LogP contribution in [0.5, 0.6) is 0 Å². The number of aliphatic hydroxyl groups excluding tert-OH is 1. The molecule has 0 amide bonds. The molecule has 0 radical (unpaired) electrons. The molecule has 0 saturated carbocycles. The molecule has 108 valence electrons. The van der Waals surface area contributed by atoms with Gasteiger partial charge in [0.25, 0.3) is 0 Å². The lowest BCUT2D eigenvalue weighted by Crippen LogP contribution is -2.43. The van der Waals surface area contributed by atoms with Crippen LogP contribution in [0.25, 0.3) is 0 Å². The summed E-state index contributed by atoms with van der Waals surface area (Å²) in [7, 11) is -3.08. The van der Waals surface area contributed by atoms with Crippen molar-refractivity contribution in [3.05, 3.63) is 11.8 Å². The molecular weight excluding hydrogens is 256 g/mol. The van der Waals surface area contributed by atoms with E-state index in [1.54, 1.807) is 0 Å². The maximum atomic E-state index is 10.1. The molecule has 0 aliphatic rings. The van der Waals surface area contributed by atoms with Crippen LogP contribution in [-0.4, -0.2) is 34.2 Å². The number of rotatable bonds is 6. The fourth-order valence-electron chi connectivity index (χ4n) is 1.17. The molecule has 18 heavy (non-hydrogen) atoms. The van der Waals surface area contributed by atoms with Gasteiger partial charge >= 0.3 is 0 Å². The molecular formula is C14H32O2Si2. The smallest absolute Gasteiger partial charge is 0.192 e. The van der Waals surface area contributed by atoms with Gasteiger partial charge in [0.05, 0.1) is 20.8 Å². The Bertz CT molecular complexity index is 285. The van der Waals surface area contributed by atoms with Crippen molar-refractivity contribution in [2.75, 3.05) is 6.61 Å². The minimum atomic E-state index is -1.74. The monoisotopic (exact) mass is 288 g/mol. The molecule has 2 nitrogen and oxygen atoms in total. The summed E-state index contributed by atoms with van der Waals surface area (Å²) in [5.41, 5.74) is 0. The highest BCUT2D eigenvalue weighted by Gasteiger charge is 2.37. The zero-order chi connectivity index (χ0) is 14.8. The molecule has 0 unspecified atom stereocenters. The van der Waals surface area contributed by atoms with Gasteiger partial charge in [-0.15, -0.1) is 6.58 Å². The van der Waals surface area contributed by atoms with Crippen LogP contribution in [0, 0.1) is 0 Å². The van der Waals surface area contributed by atoms with Crippen LogP contribution in [-0.2, 0) is 4.43 Å². The summed E-state index contributed by atoms with van der Waals surface area (Å²) in [6.45, 7) is 22.4. The zero-order valence-corrected chi connectivity index (χ0v) is 15.6. The van der Waals surface area contributed by atoms with Crippen molar-refractivity contribution in [1.29, 1.82) is 0 Å². The number of hydrogen-bond donors (Lipinski definition) is 1. The third kappa shape index (κ3) is 5.82. The van der Waals surface area contributed by atoms with E-state index in [-0.39, 0.29) is 5.04 Å². The van der Waals surface area contributed by atoms with Gasteiger partial charge in [-0.2, -0.15) is 0 Å². The molecule has 4 heteroatoms. The molecule has 0 aliphatic carbocycles. The lowest BCUT2D eigenvalue weighted by Gasteiger charge is -2.37. The van der Waals surface area contributed by atoms with Crippen molar-refractivity contribution in [2.24, 2.45) is 0 Å². The Morgan fingerprint density at radius 3 is 1.94 bits per heavy atom. The molecule has 0 heterocycles. The third-order valence-corrected chi connectivity index (χ3v) is 10.8. The molecule has 0 aliphatic heterocycles. The molecule has 0 spiro atoms. The first-order valence-electron chi connectivity index (χ1n) is 6.77. The van der Waals surface area contributed by atoms with E-state index in [0.717, 1.165) is 0 Å². The fourth-order valence-corrected chi connectivity index (χ4v) is 3.06. The van der Waals surface area contributed by atoms with Crippen molar-refractivity contribution in [3.8, 4) is 0 Å². The van der Waals surface area contributed by atoms with Gasteiger partial charge in [0.2, 0.25) is 0 Å². The van der Waals surface area contributed by atoms with Gasteiger partial charge in [-0.1, -0.05) is 45.6 Å². The van der Waals surface area contributed by atoms with E-state index >= 15 is 0 Å². The molecule has 0 saturated heterocycles. The topological polar surface area (TPSA) is 29.5 Å². The van der Waals surface area contributed by atoms with Crippen LogP contribution in [0.15, 0.2) is 11.8 Å². The van der Waals surface area contributed by atoms with Gasteiger partial charge in [-0.3, -0.25) is 0 Å². The molecule has 1 atom stereocenters. The maximum Gasteiger partial charge on any atom is 0.192 e. The van der Waals surface area contributed by atoms with Crippen molar-refractivity contribution in [3.63, 3.8) is 0 Å². The quantitative estimate of drug-likeness (QED) is 0.743. The third-order valence-electron chi connectivity index (χ3n) is 3.99. The SMILES string of the molecule is C=C(C[C@@H](O)CO[Si](C)(C)C(C)(C)C)[Si](C)(C)C. The fraction of sp³-hybridized carbons (Fsp3) is 0.857. The normalized spacial score (nSPS) is 15.6. The van der Waals surface area contributed by atoms with E-state index in [1.165, 1.54) is 5.20 Å². The van der Waals surface area contributed by atoms with Crippen molar-refractivity contribution in [1.82, 2.24) is 0 Å². The largest absolute Gasteiger partial charge is 0.414 e. The minimum Gasteiger partial charge on any atom is -0.414 e. The van der Waals surface area contributed by atoms with Gasteiger partial charge in [0, 0.05) is 0 Å². The maximum absolute atomic E-state index is 10.1. The molecule has 1 N–H and O–H groups in total. The molecule has 0 bridgehead atoms. The van der Waals surface area contributed by atoms with Crippen LogP contribution in [0.1, 0.15) is 27.2 Å². The van der Waals surface area contributed by atoms with Gasteiger partial charge in [-0.05, 0) is 24.6 Å². The highest BCUT2D eigenvalue weighted by molar-refractivity contribution is 6.83. The van der Waals surface area contributed by atoms with E-state index < -0.39 is 22.5 Å². The average Bonchev–Trinajstić information content (AvgIpc) is 2.11. The second-order valence-electron chi connectivity index (χ2n) is 7.78. The standard InChI is InChI=1S/C14H32O2Si2/c1-12(17(5,6)7)10-13(15)11-16-18(8,9)14(2,3)4/h13,15H,1,10-11H2,2-9H3/t13-/m1/s1. The lowest BCUT2D eigenvalue weighted by atomic mass is 10.2. The summed E-state index contributed by atoms with van der Waals surface area (Å²) >= 11 is 0. The van der Waals surface area contributed by atoms with Gasteiger partial charge in [-0.25, -0.2) is 0 Å². The Morgan fingerprint density at radius 2 is 1.61 bits per heavy atom. The molecule has 0 aromatic rings. The number of hydrogen-bond acceptors (Lipinski definition) is 2. The summed E-state index contributed by atoms with van der Waals surface area (Å²) in [4.78, 5) is 0. The van der Waals surface area contributed by atoms with Crippen LogP contribution < -0.4 is 0 Å². The van der Waals surface area contributed by atoms with E-state index in [1.807, 2.05) is 0 Å². The molecule has 0 fully saturated rings. The second-order valence-corrected chi connectivity index (χ2v) is 17.8. The summed E-state index contributed by atoms with van der Waals surface area (Å²) in [6.07, 6.45) is 0.281. The van der Waals surface area contributed by atoms with Crippen molar-refractivity contribution in [2.45, 2.75) is 71.1 Å².